The van der Waals surface area contributed by atoms with Crippen LogP contribution in [0.5, 0.6) is 0 Å². The van der Waals surface area contributed by atoms with E-state index >= 15 is 0 Å². The third-order valence-electron chi connectivity index (χ3n) is 3.36. The second-order valence-corrected chi connectivity index (χ2v) is 5.67. The first kappa shape index (κ1) is 12.3. The van der Waals surface area contributed by atoms with Gasteiger partial charge >= 0.3 is 0 Å². The Morgan fingerprint density at radius 1 is 1.11 bits per heavy atom. The van der Waals surface area contributed by atoms with Crippen molar-refractivity contribution >= 4 is 22.2 Å². The van der Waals surface area contributed by atoms with E-state index < -0.39 is 0 Å². The van der Waals surface area contributed by atoms with Crippen LogP contribution >= 0.6 is 11.3 Å². The lowest BCUT2D eigenvalue weighted by Gasteiger charge is -2.13. The Hall–Kier alpha value is -1.71. The number of para-hydroxylation sites is 1. The highest BCUT2D eigenvalue weighted by Gasteiger charge is 2.10. The topological polar surface area (TPSA) is 38.9 Å². The Bertz CT molecular complexity index is 656. The molecule has 2 N–H and O–H groups in total. The van der Waals surface area contributed by atoms with Crippen molar-refractivity contribution in [2.24, 2.45) is 5.73 Å². The van der Waals surface area contributed by atoms with Crippen molar-refractivity contribution in [1.82, 2.24) is 4.98 Å². The maximum Gasteiger partial charge on any atom is 0.0705 e. The molecular formula is C16H16N2S. The number of aromatic nitrogens is 1. The predicted octanol–water partition coefficient (Wildman–Crippen LogP) is 3.93. The first-order valence-corrected chi connectivity index (χ1v) is 7.34. The number of nitrogens with two attached hydrogens (primary N) is 1. The summed E-state index contributed by atoms with van der Waals surface area (Å²) in [6.07, 6.45) is 3.85. The van der Waals surface area contributed by atoms with Crippen molar-refractivity contribution in [2.45, 2.75) is 18.9 Å². The van der Waals surface area contributed by atoms with Crippen LogP contribution in [0, 0.1) is 0 Å². The van der Waals surface area contributed by atoms with Crippen molar-refractivity contribution in [3.8, 4) is 0 Å². The lowest BCUT2D eigenvalue weighted by atomic mass is 9.99. The zero-order chi connectivity index (χ0) is 13.1. The van der Waals surface area contributed by atoms with Gasteiger partial charge < -0.3 is 5.73 Å². The molecule has 0 aliphatic rings. The van der Waals surface area contributed by atoms with E-state index in [1.54, 1.807) is 11.3 Å². The number of benzene rings is 1. The first-order valence-electron chi connectivity index (χ1n) is 6.46. The molecule has 0 aliphatic carbocycles. The van der Waals surface area contributed by atoms with Gasteiger partial charge in [0.2, 0.25) is 0 Å². The van der Waals surface area contributed by atoms with Gasteiger partial charge in [0.05, 0.1) is 5.52 Å². The molecule has 0 spiro atoms. The highest BCUT2D eigenvalue weighted by molar-refractivity contribution is 7.09. The standard InChI is InChI=1S/C16H16N2S/c17-15(8-7-12-4-3-11-19-12)13-9-10-18-16-6-2-1-5-14(13)16/h1-6,9-11,15H,7-8,17H2. The summed E-state index contributed by atoms with van der Waals surface area (Å²) in [4.78, 5) is 5.78. The molecule has 19 heavy (non-hydrogen) atoms. The van der Waals surface area contributed by atoms with Gasteiger partial charge in [-0.15, -0.1) is 11.3 Å². The maximum absolute atomic E-state index is 6.35. The van der Waals surface area contributed by atoms with Gasteiger partial charge in [0.1, 0.15) is 0 Å². The molecule has 96 valence electrons. The van der Waals surface area contributed by atoms with Gasteiger partial charge in [0.15, 0.2) is 0 Å². The van der Waals surface area contributed by atoms with E-state index in [1.165, 1.54) is 15.8 Å². The van der Waals surface area contributed by atoms with Crippen molar-refractivity contribution in [1.29, 1.82) is 0 Å². The van der Waals surface area contributed by atoms with E-state index in [9.17, 15) is 0 Å². The van der Waals surface area contributed by atoms with Crippen LogP contribution < -0.4 is 5.73 Å². The lowest BCUT2D eigenvalue weighted by molar-refractivity contribution is 0.659. The van der Waals surface area contributed by atoms with E-state index in [0.29, 0.717) is 0 Å². The Kier molecular flexibility index (Phi) is 3.58. The van der Waals surface area contributed by atoms with Crippen LogP contribution in [0.1, 0.15) is 22.9 Å². The van der Waals surface area contributed by atoms with E-state index in [4.69, 9.17) is 5.73 Å². The number of rotatable bonds is 4. The molecule has 0 aliphatic heterocycles. The van der Waals surface area contributed by atoms with Gasteiger partial charge in [0, 0.05) is 22.5 Å². The summed E-state index contributed by atoms with van der Waals surface area (Å²) < 4.78 is 0. The minimum absolute atomic E-state index is 0.0648. The van der Waals surface area contributed by atoms with E-state index in [1.807, 2.05) is 30.5 Å². The molecular weight excluding hydrogens is 252 g/mol. The fourth-order valence-corrected chi connectivity index (χ4v) is 3.07. The normalized spacial score (nSPS) is 12.7. The second kappa shape index (κ2) is 5.51. The number of aryl methyl sites for hydroxylation is 1. The van der Waals surface area contributed by atoms with E-state index in [-0.39, 0.29) is 6.04 Å². The van der Waals surface area contributed by atoms with Gasteiger partial charge in [-0.1, -0.05) is 24.3 Å². The van der Waals surface area contributed by atoms with Gasteiger partial charge in [-0.2, -0.15) is 0 Å². The summed E-state index contributed by atoms with van der Waals surface area (Å²) in [7, 11) is 0. The van der Waals surface area contributed by atoms with Crippen LogP contribution in [-0.4, -0.2) is 4.98 Å². The zero-order valence-electron chi connectivity index (χ0n) is 10.6. The second-order valence-electron chi connectivity index (χ2n) is 4.64. The van der Waals surface area contributed by atoms with E-state index in [2.05, 4.69) is 28.6 Å². The summed E-state index contributed by atoms with van der Waals surface area (Å²) >= 11 is 1.80. The molecule has 2 nitrogen and oxygen atoms in total. The molecule has 3 heteroatoms. The highest BCUT2D eigenvalue weighted by atomic mass is 32.1. The SMILES string of the molecule is NC(CCc1cccs1)c1ccnc2ccccc12. The van der Waals surface area contributed by atoms with Crippen molar-refractivity contribution in [3.05, 3.63) is 64.5 Å². The van der Waals surface area contributed by atoms with Crippen LogP contribution in [0.2, 0.25) is 0 Å². The lowest BCUT2D eigenvalue weighted by Crippen LogP contribution is -2.11. The summed E-state index contributed by atoms with van der Waals surface area (Å²) in [5.74, 6) is 0. The van der Waals surface area contributed by atoms with Gasteiger partial charge in [-0.05, 0) is 42.0 Å². The predicted molar refractivity (Wildman–Crippen MR) is 81.3 cm³/mol. The van der Waals surface area contributed by atoms with E-state index in [0.717, 1.165) is 18.4 Å². The molecule has 2 heterocycles. The zero-order valence-corrected chi connectivity index (χ0v) is 11.4. The molecule has 0 fully saturated rings. The largest absolute Gasteiger partial charge is 0.324 e. The highest BCUT2D eigenvalue weighted by Crippen LogP contribution is 2.25. The molecule has 2 aromatic heterocycles. The Morgan fingerprint density at radius 2 is 2.00 bits per heavy atom. The quantitative estimate of drug-likeness (QED) is 0.778. The number of hydrogen-bond donors (Lipinski definition) is 1. The Morgan fingerprint density at radius 3 is 2.84 bits per heavy atom. The molecule has 3 rings (SSSR count). The molecule has 0 saturated carbocycles. The molecule has 0 saturated heterocycles. The number of hydrogen-bond acceptors (Lipinski definition) is 3. The van der Waals surface area contributed by atoms with Crippen molar-refractivity contribution in [2.75, 3.05) is 0 Å². The van der Waals surface area contributed by atoms with Crippen LogP contribution in [0.3, 0.4) is 0 Å². The van der Waals surface area contributed by atoms with Crippen molar-refractivity contribution in [3.63, 3.8) is 0 Å². The average molecular weight is 268 g/mol. The monoisotopic (exact) mass is 268 g/mol. The summed E-state index contributed by atoms with van der Waals surface area (Å²) in [5.41, 5.74) is 8.57. The molecule has 1 aromatic carbocycles. The van der Waals surface area contributed by atoms with Crippen LogP contribution in [0.15, 0.2) is 54.0 Å². The smallest absolute Gasteiger partial charge is 0.0705 e. The molecule has 1 atom stereocenters. The molecule has 1 unspecified atom stereocenters. The molecule has 3 aromatic rings. The third-order valence-corrected chi connectivity index (χ3v) is 4.30. The average Bonchev–Trinajstić information content (AvgIpc) is 2.97. The Labute approximate surface area is 116 Å². The molecule has 0 radical (unpaired) electrons. The van der Waals surface area contributed by atoms with Crippen molar-refractivity contribution < 1.29 is 0 Å². The summed E-state index contributed by atoms with van der Waals surface area (Å²) in [6.45, 7) is 0. The summed E-state index contributed by atoms with van der Waals surface area (Å²) in [6, 6.07) is 14.6. The number of fused-ring (bicyclic) bond motifs is 1. The van der Waals surface area contributed by atoms with Crippen LogP contribution in [0.4, 0.5) is 0 Å². The minimum atomic E-state index is 0.0648. The minimum Gasteiger partial charge on any atom is -0.324 e. The fourth-order valence-electron chi connectivity index (χ4n) is 2.35. The molecule has 0 amide bonds. The Balaban J connectivity index is 1.83. The number of nitrogens with zero attached hydrogens (tertiary/aromatic N) is 1. The first-order chi connectivity index (χ1) is 9.34. The van der Waals surface area contributed by atoms with Gasteiger partial charge in [-0.25, -0.2) is 0 Å². The van der Waals surface area contributed by atoms with Crippen LogP contribution in [0.25, 0.3) is 10.9 Å². The summed E-state index contributed by atoms with van der Waals surface area (Å²) in [5, 5.41) is 3.28. The molecule has 0 bridgehead atoms. The van der Waals surface area contributed by atoms with Gasteiger partial charge in [0.25, 0.3) is 0 Å². The van der Waals surface area contributed by atoms with Gasteiger partial charge in [-0.3, -0.25) is 4.98 Å². The number of thiophene rings is 1. The third kappa shape index (κ3) is 2.67. The fraction of sp³-hybridized carbons (Fsp3) is 0.188. The van der Waals surface area contributed by atoms with Crippen LogP contribution in [-0.2, 0) is 6.42 Å². The number of pyridine rings is 1. The maximum atomic E-state index is 6.35.